The molecule has 1 unspecified atom stereocenters. The topological polar surface area (TPSA) is 107 Å². The van der Waals surface area contributed by atoms with Crippen molar-refractivity contribution in [3.8, 4) is 11.4 Å². The molecule has 4 heterocycles. The summed E-state index contributed by atoms with van der Waals surface area (Å²) in [6, 6.07) is 18.7. The molecule has 3 amide bonds. The van der Waals surface area contributed by atoms with Crippen molar-refractivity contribution < 1.29 is 14.3 Å². The van der Waals surface area contributed by atoms with Crippen molar-refractivity contribution in [2.45, 2.75) is 25.4 Å². The van der Waals surface area contributed by atoms with Crippen molar-refractivity contribution in [1.82, 2.24) is 24.4 Å². The number of fused-ring (bicyclic) bond motifs is 1. The highest BCUT2D eigenvalue weighted by atomic mass is 16.5. The van der Waals surface area contributed by atoms with E-state index in [0.29, 0.717) is 42.0 Å². The van der Waals surface area contributed by atoms with Crippen LogP contribution in [0.15, 0.2) is 66.9 Å². The Morgan fingerprint density at radius 1 is 0.976 bits per heavy atom. The van der Waals surface area contributed by atoms with E-state index < -0.39 is 0 Å². The first-order valence-corrected chi connectivity index (χ1v) is 14.3. The summed E-state index contributed by atoms with van der Waals surface area (Å²) in [7, 11) is 4.08. The number of carbonyl (C=O) groups excluding carboxylic acids is 2. The molecule has 2 aromatic carbocycles. The van der Waals surface area contributed by atoms with Crippen molar-refractivity contribution in [3.05, 3.63) is 72.4 Å². The van der Waals surface area contributed by atoms with E-state index in [0.717, 1.165) is 43.0 Å². The van der Waals surface area contributed by atoms with Gasteiger partial charge in [-0.15, -0.1) is 5.10 Å². The number of nitrogens with one attached hydrogen (secondary N) is 2. The van der Waals surface area contributed by atoms with Crippen LogP contribution in [0.2, 0.25) is 0 Å². The smallest absolute Gasteiger partial charge is 0.323 e. The molecular weight excluding hydrogens is 532 g/mol. The molecule has 2 aromatic heterocycles. The highest BCUT2D eigenvalue weighted by Crippen LogP contribution is 2.27. The van der Waals surface area contributed by atoms with Gasteiger partial charge < -0.3 is 30.1 Å². The Morgan fingerprint density at radius 2 is 1.69 bits per heavy atom. The lowest BCUT2D eigenvalue weighted by Crippen LogP contribution is -2.44. The summed E-state index contributed by atoms with van der Waals surface area (Å²) in [5.41, 5.74) is 3.65. The SMILES string of the molecule is C[C@@H]1COCCN1c1nc(-c2ccc(NC(=O)Nc3ccc(C(=O)N4CCC(N(C)C)C4)cc3)cc2)nn2cccc12. The molecule has 0 bridgehead atoms. The molecule has 2 aliphatic heterocycles. The Hall–Kier alpha value is -4.48. The summed E-state index contributed by atoms with van der Waals surface area (Å²) in [4.78, 5) is 36.8. The number of hydrogen-bond donors (Lipinski definition) is 2. The van der Waals surface area contributed by atoms with Crippen molar-refractivity contribution in [3.63, 3.8) is 0 Å². The van der Waals surface area contributed by atoms with E-state index in [1.165, 1.54) is 0 Å². The Labute approximate surface area is 245 Å². The van der Waals surface area contributed by atoms with Crippen LogP contribution in [0.3, 0.4) is 0 Å². The first kappa shape index (κ1) is 27.7. The van der Waals surface area contributed by atoms with Crippen LogP contribution in [0.1, 0.15) is 23.7 Å². The van der Waals surface area contributed by atoms with Gasteiger partial charge in [0.25, 0.3) is 5.91 Å². The number of benzene rings is 2. The van der Waals surface area contributed by atoms with Crippen LogP contribution < -0.4 is 15.5 Å². The zero-order chi connectivity index (χ0) is 29.2. The van der Waals surface area contributed by atoms with E-state index in [1.807, 2.05) is 66.1 Å². The zero-order valence-corrected chi connectivity index (χ0v) is 24.2. The highest BCUT2D eigenvalue weighted by molar-refractivity contribution is 6.00. The fourth-order valence-corrected chi connectivity index (χ4v) is 5.52. The molecule has 2 N–H and O–H groups in total. The Balaban J connectivity index is 1.09. The fraction of sp³-hybridized carbons (Fsp3) is 0.355. The van der Waals surface area contributed by atoms with Gasteiger partial charge in [-0.1, -0.05) is 0 Å². The van der Waals surface area contributed by atoms with Gasteiger partial charge in [-0.05, 0) is 88.1 Å². The number of amides is 3. The van der Waals surface area contributed by atoms with Gasteiger partial charge in [0.2, 0.25) is 0 Å². The lowest BCUT2D eigenvalue weighted by atomic mass is 10.2. The number of rotatable bonds is 6. The lowest BCUT2D eigenvalue weighted by molar-refractivity contribution is 0.0783. The van der Waals surface area contributed by atoms with Crippen LogP contribution >= 0.6 is 0 Å². The summed E-state index contributed by atoms with van der Waals surface area (Å²) >= 11 is 0. The number of urea groups is 1. The van der Waals surface area contributed by atoms with Gasteiger partial charge in [-0.25, -0.2) is 14.3 Å². The van der Waals surface area contributed by atoms with Crippen molar-refractivity contribution >= 4 is 34.6 Å². The van der Waals surface area contributed by atoms with Crippen LogP contribution in [0, 0.1) is 0 Å². The second kappa shape index (κ2) is 11.8. The number of morpholine rings is 1. The molecule has 11 heteroatoms. The fourth-order valence-electron chi connectivity index (χ4n) is 5.52. The van der Waals surface area contributed by atoms with Crippen LogP contribution in [-0.2, 0) is 4.74 Å². The molecule has 2 saturated heterocycles. The van der Waals surface area contributed by atoms with Gasteiger partial charge in [0, 0.05) is 54.4 Å². The van der Waals surface area contributed by atoms with E-state index in [2.05, 4.69) is 27.4 Å². The maximum Gasteiger partial charge on any atom is 0.323 e. The number of aromatic nitrogens is 3. The third-order valence-corrected chi connectivity index (χ3v) is 7.98. The van der Waals surface area contributed by atoms with E-state index >= 15 is 0 Å². The molecule has 0 saturated carbocycles. The number of hydrogen-bond acceptors (Lipinski definition) is 7. The molecule has 0 radical (unpaired) electrons. The number of anilines is 3. The van der Waals surface area contributed by atoms with Crippen LogP contribution in [0.25, 0.3) is 16.9 Å². The zero-order valence-electron chi connectivity index (χ0n) is 24.2. The molecule has 11 nitrogen and oxygen atoms in total. The number of ether oxygens (including phenoxy) is 1. The number of likely N-dealkylation sites (tertiary alicyclic amines) is 1. The molecule has 6 rings (SSSR count). The van der Waals surface area contributed by atoms with Gasteiger partial charge in [0.1, 0.15) is 5.52 Å². The summed E-state index contributed by atoms with van der Waals surface area (Å²) in [6.45, 7) is 5.71. The number of carbonyl (C=O) groups is 2. The van der Waals surface area contributed by atoms with Crippen molar-refractivity contribution in [2.75, 3.05) is 62.5 Å². The third kappa shape index (κ3) is 5.79. The monoisotopic (exact) mass is 568 g/mol. The van der Waals surface area contributed by atoms with E-state index in [1.54, 1.807) is 24.3 Å². The Morgan fingerprint density at radius 3 is 2.36 bits per heavy atom. The summed E-state index contributed by atoms with van der Waals surface area (Å²) in [5, 5.41) is 10.4. The Bertz CT molecular complexity index is 1570. The summed E-state index contributed by atoms with van der Waals surface area (Å²) < 4.78 is 7.47. The lowest BCUT2D eigenvalue weighted by Gasteiger charge is -2.34. The van der Waals surface area contributed by atoms with Crippen molar-refractivity contribution in [2.24, 2.45) is 0 Å². The van der Waals surface area contributed by atoms with Gasteiger partial charge >= 0.3 is 6.03 Å². The summed E-state index contributed by atoms with van der Waals surface area (Å²) in [5.74, 6) is 1.50. The van der Waals surface area contributed by atoms with E-state index in [4.69, 9.17) is 14.8 Å². The average Bonchev–Trinajstić information content (AvgIpc) is 3.68. The van der Waals surface area contributed by atoms with Crippen molar-refractivity contribution in [1.29, 1.82) is 0 Å². The maximum absolute atomic E-state index is 12.9. The normalized spacial score (nSPS) is 19.0. The van der Waals surface area contributed by atoms with Gasteiger partial charge in [-0.2, -0.15) is 0 Å². The predicted octanol–water partition coefficient (Wildman–Crippen LogP) is 4.04. The number of likely N-dealkylation sites (N-methyl/N-ethyl adjacent to an activating group) is 1. The molecule has 2 aliphatic rings. The third-order valence-electron chi connectivity index (χ3n) is 7.98. The minimum Gasteiger partial charge on any atom is -0.377 e. The van der Waals surface area contributed by atoms with E-state index in [-0.39, 0.29) is 18.0 Å². The number of nitrogens with zero attached hydrogens (tertiary/aromatic N) is 6. The average molecular weight is 569 g/mol. The first-order chi connectivity index (χ1) is 20.4. The van der Waals surface area contributed by atoms with Gasteiger partial charge in [0.05, 0.1) is 19.3 Å². The maximum atomic E-state index is 12.9. The largest absolute Gasteiger partial charge is 0.377 e. The van der Waals surface area contributed by atoms with Gasteiger partial charge in [-0.3, -0.25) is 4.79 Å². The van der Waals surface area contributed by atoms with Gasteiger partial charge in [0.15, 0.2) is 11.6 Å². The quantitative estimate of drug-likeness (QED) is 0.362. The Kier molecular flexibility index (Phi) is 7.77. The second-order valence-electron chi connectivity index (χ2n) is 11.1. The van der Waals surface area contributed by atoms with Crippen LogP contribution in [0.4, 0.5) is 22.0 Å². The first-order valence-electron chi connectivity index (χ1n) is 14.3. The molecule has 218 valence electrons. The molecule has 4 aromatic rings. The highest BCUT2D eigenvalue weighted by Gasteiger charge is 2.28. The van der Waals surface area contributed by atoms with E-state index in [9.17, 15) is 9.59 Å². The molecule has 2 fully saturated rings. The van der Waals surface area contributed by atoms with Crippen LogP contribution in [-0.4, -0.2) is 95.4 Å². The second-order valence-corrected chi connectivity index (χ2v) is 11.1. The summed E-state index contributed by atoms with van der Waals surface area (Å²) in [6.07, 6.45) is 2.90. The predicted molar refractivity (Wildman–Crippen MR) is 163 cm³/mol. The molecule has 0 spiro atoms. The molecule has 2 atom stereocenters. The minimum absolute atomic E-state index is 0.0157. The standard InChI is InChI=1S/C31H36N8O3/c1-21-20-42-18-17-38(21)29-27-5-4-15-39(27)35-28(34-29)22-6-10-24(11-7-22)32-31(41)33-25-12-8-23(9-13-25)30(40)37-16-14-26(19-37)36(2)3/h4-13,15,21,26H,14,16-20H2,1-3H3,(H2,32,33,41)/t21-,26?/m1/s1. The molecular formula is C31H36N8O3. The van der Waals surface area contributed by atoms with Crippen LogP contribution in [0.5, 0.6) is 0 Å². The molecule has 0 aliphatic carbocycles. The minimum atomic E-state index is -0.371. The molecule has 42 heavy (non-hydrogen) atoms.